The van der Waals surface area contributed by atoms with Crippen LogP contribution in [0, 0.1) is 0 Å². The molecule has 0 amide bonds. The highest BCUT2D eigenvalue weighted by Gasteiger charge is 2.09. The zero-order chi connectivity index (χ0) is 13.5. The molecule has 0 saturated carbocycles. The Bertz CT molecular complexity index is 499. The summed E-state index contributed by atoms with van der Waals surface area (Å²) in [5.41, 5.74) is 1.23. The summed E-state index contributed by atoms with van der Waals surface area (Å²) >= 11 is 0. The van der Waals surface area contributed by atoms with Crippen molar-refractivity contribution in [3.63, 3.8) is 0 Å². The van der Waals surface area contributed by atoms with Crippen molar-refractivity contribution in [3.05, 3.63) is 54.2 Å². The molecule has 0 aliphatic carbocycles. The van der Waals surface area contributed by atoms with E-state index in [1.165, 1.54) is 5.56 Å². The van der Waals surface area contributed by atoms with Crippen LogP contribution in [-0.2, 0) is 0 Å². The number of nitrogens with zero attached hydrogens (tertiary/aromatic N) is 1. The number of pyridine rings is 1. The van der Waals surface area contributed by atoms with E-state index in [2.05, 4.69) is 36.3 Å². The van der Waals surface area contributed by atoms with Crippen molar-refractivity contribution in [1.82, 2.24) is 4.98 Å². The fourth-order valence-corrected chi connectivity index (χ4v) is 1.86. The van der Waals surface area contributed by atoms with Gasteiger partial charge in [-0.2, -0.15) is 0 Å². The maximum Gasteiger partial charge on any atom is 0.169 e. The fourth-order valence-electron chi connectivity index (χ4n) is 1.86. The number of benzene rings is 1. The van der Waals surface area contributed by atoms with Crippen molar-refractivity contribution in [2.75, 3.05) is 11.9 Å². The molecule has 2 rings (SSSR count). The van der Waals surface area contributed by atoms with Crippen molar-refractivity contribution in [3.8, 4) is 5.75 Å². The van der Waals surface area contributed by atoms with Gasteiger partial charge in [-0.1, -0.05) is 37.3 Å². The summed E-state index contributed by atoms with van der Waals surface area (Å²) in [6.45, 7) is 4.92. The molecule has 0 fully saturated rings. The van der Waals surface area contributed by atoms with Gasteiger partial charge < -0.3 is 10.1 Å². The number of anilines is 1. The highest BCUT2D eigenvalue weighted by molar-refractivity contribution is 5.51. The molecule has 1 heterocycles. The van der Waals surface area contributed by atoms with E-state index in [1.54, 1.807) is 6.20 Å². The standard InChI is InChI=1S/C16H20N2O/c1-3-12-19-15-10-7-11-17-16(15)18-13(2)14-8-5-4-6-9-14/h4-11,13H,3,12H2,1-2H3,(H,17,18). The van der Waals surface area contributed by atoms with E-state index >= 15 is 0 Å². The first-order valence-corrected chi connectivity index (χ1v) is 6.70. The molecule has 1 aromatic heterocycles. The Morgan fingerprint density at radius 2 is 1.95 bits per heavy atom. The molecule has 100 valence electrons. The lowest BCUT2D eigenvalue weighted by atomic mass is 10.1. The third-order valence-corrected chi connectivity index (χ3v) is 2.89. The second kappa shape index (κ2) is 6.78. The molecule has 1 N–H and O–H groups in total. The fraction of sp³-hybridized carbons (Fsp3) is 0.312. The van der Waals surface area contributed by atoms with Gasteiger partial charge in [-0.3, -0.25) is 0 Å². The Morgan fingerprint density at radius 1 is 1.16 bits per heavy atom. The molecular formula is C16H20N2O. The van der Waals surface area contributed by atoms with Crippen molar-refractivity contribution >= 4 is 5.82 Å². The molecule has 0 saturated heterocycles. The lowest BCUT2D eigenvalue weighted by Crippen LogP contribution is -2.09. The maximum absolute atomic E-state index is 5.70. The topological polar surface area (TPSA) is 34.1 Å². The van der Waals surface area contributed by atoms with Gasteiger partial charge in [0.05, 0.1) is 12.6 Å². The Kier molecular flexibility index (Phi) is 4.78. The molecule has 0 aliphatic heterocycles. The summed E-state index contributed by atoms with van der Waals surface area (Å²) in [7, 11) is 0. The van der Waals surface area contributed by atoms with E-state index in [4.69, 9.17) is 4.74 Å². The Hall–Kier alpha value is -2.03. The summed E-state index contributed by atoms with van der Waals surface area (Å²) in [5, 5.41) is 3.40. The molecule has 2 aromatic rings. The number of rotatable bonds is 6. The summed E-state index contributed by atoms with van der Waals surface area (Å²) in [5.74, 6) is 1.61. The van der Waals surface area contributed by atoms with Gasteiger partial charge in [0.15, 0.2) is 11.6 Å². The molecule has 0 spiro atoms. The van der Waals surface area contributed by atoms with E-state index in [0.717, 1.165) is 18.0 Å². The van der Waals surface area contributed by atoms with Crippen LogP contribution in [0.5, 0.6) is 5.75 Å². The van der Waals surface area contributed by atoms with Gasteiger partial charge >= 0.3 is 0 Å². The molecule has 3 nitrogen and oxygen atoms in total. The van der Waals surface area contributed by atoms with Crippen LogP contribution in [0.4, 0.5) is 5.82 Å². The van der Waals surface area contributed by atoms with Crippen LogP contribution in [-0.4, -0.2) is 11.6 Å². The highest BCUT2D eigenvalue weighted by Crippen LogP contribution is 2.25. The molecule has 0 radical (unpaired) electrons. The third kappa shape index (κ3) is 3.71. The molecule has 1 atom stereocenters. The average molecular weight is 256 g/mol. The molecule has 1 aromatic carbocycles. The highest BCUT2D eigenvalue weighted by atomic mass is 16.5. The van der Waals surface area contributed by atoms with Crippen LogP contribution >= 0.6 is 0 Å². The summed E-state index contributed by atoms with van der Waals surface area (Å²) in [6.07, 6.45) is 2.77. The molecular weight excluding hydrogens is 236 g/mol. The van der Waals surface area contributed by atoms with Gasteiger partial charge in [-0.15, -0.1) is 0 Å². The first kappa shape index (κ1) is 13.4. The minimum Gasteiger partial charge on any atom is -0.490 e. The number of hydrogen-bond donors (Lipinski definition) is 1. The predicted octanol–water partition coefficient (Wildman–Crippen LogP) is 4.04. The summed E-state index contributed by atoms with van der Waals surface area (Å²) in [4.78, 5) is 4.36. The minimum absolute atomic E-state index is 0.195. The number of ether oxygens (including phenoxy) is 1. The second-order valence-electron chi connectivity index (χ2n) is 4.48. The Morgan fingerprint density at radius 3 is 2.68 bits per heavy atom. The summed E-state index contributed by atoms with van der Waals surface area (Å²) < 4.78 is 5.70. The van der Waals surface area contributed by atoms with Crippen LogP contribution in [0.2, 0.25) is 0 Å². The first-order chi connectivity index (χ1) is 9.31. The van der Waals surface area contributed by atoms with E-state index < -0.39 is 0 Å². The second-order valence-corrected chi connectivity index (χ2v) is 4.48. The lowest BCUT2D eigenvalue weighted by Gasteiger charge is -2.17. The quantitative estimate of drug-likeness (QED) is 0.846. The van der Waals surface area contributed by atoms with Gasteiger partial charge in [0, 0.05) is 6.20 Å². The van der Waals surface area contributed by atoms with Gasteiger partial charge in [0.25, 0.3) is 0 Å². The first-order valence-electron chi connectivity index (χ1n) is 6.70. The third-order valence-electron chi connectivity index (χ3n) is 2.89. The Labute approximate surface area is 114 Å². The maximum atomic E-state index is 5.70. The zero-order valence-electron chi connectivity index (χ0n) is 11.5. The Balaban J connectivity index is 2.10. The summed E-state index contributed by atoms with van der Waals surface area (Å²) in [6, 6.07) is 14.3. The number of nitrogens with one attached hydrogen (secondary N) is 1. The van der Waals surface area contributed by atoms with Gasteiger partial charge in [0.1, 0.15) is 0 Å². The van der Waals surface area contributed by atoms with E-state index in [1.807, 2.05) is 30.3 Å². The van der Waals surface area contributed by atoms with Gasteiger partial charge in [-0.25, -0.2) is 4.98 Å². The minimum atomic E-state index is 0.195. The van der Waals surface area contributed by atoms with Gasteiger partial charge in [0.2, 0.25) is 0 Å². The molecule has 3 heteroatoms. The number of hydrogen-bond acceptors (Lipinski definition) is 3. The lowest BCUT2D eigenvalue weighted by molar-refractivity contribution is 0.317. The monoisotopic (exact) mass is 256 g/mol. The van der Waals surface area contributed by atoms with E-state index in [0.29, 0.717) is 6.61 Å². The van der Waals surface area contributed by atoms with Crippen molar-refractivity contribution in [1.29, 1.82) is 0 Å². The number of aromatic nitrogens is 1. The van der Waals surface area contributed by atoms with Crippen molar-refractivity contribution < 1.29 is 4.74 Å². The molecule has 0 aliphatic rings. The van der Waals surface area contributed by atoms with Crippen LogP contribution in [0.3, 0.4) is 0 Å². The van der Waals surface area contributed by atoms with Crippen LogP contribution in [0.1, 0.15) is 31.9 Å². The van der Waals surface area contributed by atoms with Gasteiger partial charge in [-0.05, 0) is 31.0 Å². The van der Waals surface area contributed by atoms with Crippen molar-refractivity contribution in [2.45, 2.75) is 26.3 Å². The average Bonchev–Trinajstić information content (AvgIpc) is 2.47. The molecule has 1 unspecified atom stereocenters. The normalized spacial score (nSPS) is 11.9. The molecule has 19 heavy (non-hydrogen) atoms. The van der Waals surface area contributed by atoms with E-state index in [9.17, 15) is 0 Å². The largest absolute Gasteiger partial charge is 0.490 e. The zero-order valence-corrected chi connectivity index (χ0v) is 11.5. The van der Waals surface area contributed by atoms with Crippen LogP contribution < -0.4 is 10.1 Å². The van der Waals surface area contributed by atoms with Crippen LogP contribution in [0.15, 0.2) is 48.7 Å². The SMILES string of the molecule is CCCOc1cccnc1NC(C)c1ccccc1. The van der Waals surface area contributed by atoms with Crippen LogP contribution in [0.25, 0.3) is 0 Å². The smallest absolute Gasteiger partial charge is 0.169 e. The van der Waals surface area contributed by atoms with Crippen molar-refractivity contribution in [2.24, 2.45) is 0 Å². The molecule has 0 bridgehead atoms. The van der Waals surface area contributed by atoms with E-state index in [-0.39, 0.29) is 6.04 Å². The predicted molar refractivity (Wildman–Crippen MR) is 78.5 cm³/mol.